The molecule has 22 heavy (non-hydrogen) atoms. The Morgan fingerprint density at radius 3 is 2.50 bits per heavy atom. The van der Waals surface area contributed by atoms with Crippen LogP contribution in [0.1, 0.15) is 25.7 Å². The molecule has 0 aromatic heterocycles. The highest BCUT2D eigenvalue weighted by Gasteiger charge is 2.41. The zero-order chi connectivity index (χ0) is 16.4. The van der Waals surface area contributed by atoms with Crippen molar-refractivity contribution in [2.24, 2.45) is 5.41 Å². The molecule has 0 spiro atoms. The predicted octanol–water partition coefficient (Wildman–Crippen LogP) is 1.96. The Labute approximate surface area is 130 Å². The van der Waals surface area contributed by atoms with E-state index >= 15 is 0 Å². The molecule has 7 heteroatoms. The third-order valence-corrected chi connectivity index (χ3v) is 5.79. The molecule has 1 aliphatic carbocycles. The van der Waals surface area contributed by atoms with E-state index in [9.17, 15) is 18.5 Å². The molecule has 1 aliphatic rings. The van der Waals surface area contributed by atoms with Crippen LogP contribution in [0.3, 0.4) is 0 Å². The van der Waals surface area contributed by atoms with Gasteiger partial charge in [-0.05, 0) is 31.0 Å². The lowest BCUT2D eigenvalue weighted by atomic mass is 9.87. The molecule has 1 saturated carbocycles. The second-order valence-electron chi connectivity index (χ2n) is 5.67. The number of carbonyl (C=O) groups is 1. The standard InChI is InChI=1S/C15H19N3O3S/c1-18(2)22(20,21)13-7-5-6-12(10-13)17-14(19)15(11-16)8-3-4-9-15/h5-7,10H,3-4,8-9H2,1-2H3,(H,17,19). The summed E-state index contributed by atoms with van der Waals surface area (Å²) in [4.78, 5) is 12.5. The van der Waals surface area contributed by atoms with Gasteiger partial charge < -0.3 is 5.32 Å². The molecule has 0 aliphatic heterocycles. The number of hydrogen-bond donors (Lipinski definition) is 1. The number of benzene rings is 1. The third kappa shape index (κ3) is 2.98. The lowest BCUT2D eigenvalue weighted by molar-refractivity contribution is -0.122. The van der Waals surface area contributed by atoms with Crippen LogP contribution in [0, 0.1) is 16.7 Å². The van der Waals surface area contributed by atoms with Crippen molar-refractivity contribution in [3.05, 3.63) is 24.3 Å². The van der Waals surface area contributed by atoms with Crippen molar-refractivity contribution in [2.45, 2.75) is 30.6 Å². The molecule has 0 bridgehead atoms. The summed E-state index contributed by atoms with van der Waals surface area (Å²) in [5.41, 5.74) is -0.606. The highest BCUT2D eigenvalue weighted by Crippen LogP contribution is 2.38. The first-order chi connectivity index (χ1) is 10.3. The van der Waals surface area contributed by atoms with Gasteiger partial charge in [-0.25, -0.2) is 12.7 Å². The van der Waals surface area contributed by atoms with E-state index in [0.29, 0.717) is 18.5 Å². The molecular formula is C15H19N3O3S. The second-order valence-corrected chi connectivity index (χ2v) is 7.82. The van der Waals surface area contributed by atoms with Gasteiger partial charge in [0.05, 0.1) is 11.0 Å². The molecule has 1 aromatic rings. The fraction of sp³-hybridized carbons (Fsp3) is 0.467. The summed E-state index contributed by atoms with van der Waals surface area (Å²) in [6.07, 6.45) is 2.81. The molecular weight excluding hydrogens is 302 g/mol. The van der Waals surface area contributed by atoms with Crippen LogP contribution in [0.25, 0.3) is 0 Å². The van der Waals surface area contributed by atoms with E-state index in [1.54, 1.807) is 12.1 Å². The van der Waals surface area contributed by atoms with E-state index in [1.807, 2.05) is 0 Å². The normalized spacial score (nSPS) is 17.2. The SMILES string of the molecule is CN(C)S(=O)(=O)c1cccc(NC(=O)C2(C#N)CCCC2)c1. The summed E-state index contributed by atoms with van der Waals surface area (Å²) >= 11 is 0. The molecule has 0 radical (unpaired) electrons. The van der Waals surface area contributed by atoms with Crippen LogP contribution in [-0.4, -0.2) is 32.7 Å². The van der Waals surface area contributed by atoms with Crippen molar-refractivity contribution in [3.8, 4) is 6.07 Å². The van der Waals surface area contributed by atoms with Crippen molar-refractivity contribution >= 4 is 21.6 Å². The van der Waals surface area contributed by atoms with E-state index < -0.39 is 15.4 Å². The van der Waals surface area contributed by atoms with Crippen LogP contribution in [-0.2, 0) is 14.8 Å². The highest BCUT2D eigenvalue weighted by atomic mass is 32.2. The lowest BCUT2D eigenvalue weighted by Gasteiger charge is -2.19. The first-order valence-electron chi connectivity index (χ1n) is 7.07. The van der Waals surface area contributed by atoms with Crippen LogP contribution in [0.15, 0.2) is 29.2 Å². The van der Waals surface area contributed by atoms with E-state index in [1.165, 1.54) is 26.2 Å². The number of nitriles is 1. The molecule has 0 unspecified atom stereocenters. The maximum Gasteiger partial charge on any atom is 0.244 e. The Morgan fingerprint density at radius 1 is 1.32 bits per heavy atom. The molecule has 0 heterocycles. The summed E-state index contributed by atoms with van der Waals surface area (Å²) < 4.78 is 25.3. The number of carbonyl (C=O) groups excluding carboxylic acids is 1. The largest absolute Gasteiger partial charge is 0.325 e. The van der Waals surface area contributed by atoms with Crippen molar-refractivity contribution in [2.75, 3.05) is 19.4 Å². The number of hydrogen-bond acceptors (Lipinski definition) is 4. The van der Waals surface area contributed by atoms with Crippen molar-refractivity contribution in [1.82, 2.24) is 4.31 Å². The van der Waals surface area contributed by atoms with Gasteiger partial charge in [-0.1, -0.05) is 18.9 Å². The molecule has 1 N–H and O–H groups in total. The number of nitrogens with one attached hydrogen (secondary N) is 1. The van der Waals surface area contributed by atoms with Gasteiger partial charge in [0.25, 0.3) is 0 Å². The van der Waals surface area contributed by atoms with Crippen LogP contribution >= 0.6 is 0 Å². The molecule has 1 fully saturated rings. The molecule has 2 rings (SSSR count). The zero-order valence-corrected chi connectivity index (χ0v) is 13.5. The highest BCUT2D eigenvalue weighted by molar-refractivity contribution is 7.89. The van der Waals surface area contributed by atoms with Gasteiger partial charge in [-0.3, -0.25) is 4.79 Å². The molecule has 0 atom stereocenters. The van der Waals surface area contributed by atoms with Gasteiger partial charge >= 0.3 is 0 Å². The Bertz CT molecular complexity index is 714. The summed E-state index contributed by atoms with van der Waals surface area (Å²) in [5, 5.41) is 12.0. The first-order valence-corrected chi connectivity index (χ1v) is 8.51. The molecule has 1 amide bonds. The quantitative estimate of drug-likeness (QED) is 0.918. The number of amides is 1. The Kier molecular flexibility index (Phi) is 4.54. The topological polar surface area (TPSA) is 90.3 Å². The molecule has 118 valence electrons. The monoisotopic (exact) mass is 321 g/mol. The minimum Gasteiger partial charge on any atom is -0.325 e. The summed E-state index contributed by atoms with van der Waals surface area (Å²) in [6, 6.07) is 8.19. The van der Waals surface area contributed by atoms with Gasteiger partial charge in [0.15, 0.2) is 0 Å². The van der Waals surface area contributed by atoms with Crippen LogP contribution in [0.2, 0.25) is 0 Å². The van der Waals surface area contributed by atoms with Crippen molar-refractivity contribution in [3.63, 3.8) is 0 Å². The van der Waals surface area contributed by atoms with E-state index in [0.717, 1.165) is 17.1 Å². The Balaban J connectivity index is 2.25. The summed E-state index contributed by atoms with van der Waals surface area (Å²) in [7, 11) is -0.662. The van der Waals surface area contributed by atoms with Gasteiger partial charge in [-0.15, -0.1) is 0 Å². The lowest BCUT2D eigenvalue weighted by Crippen LogP contribution is -2.32. The summed E-state index contributed by atoms with van der Waals surface area (Å²) in [6.45, 7) is 0. The van der Waals surface area contributed by atoms with Crippen LogP contribution in [0.5, 0.6) is 0 Å². The smallest absolute Gasteiger partial charge is 0.244 e. The Hall–Kier alpha value is -1.91. The van der Waals surface area contributed by atoms with E-state index in [-0.39, 0.29) is 10.8 Å². The average molecular weight is 321 g/mol. The van der Waals surface area contributed by atoms with Gasteiger partial charge in [0, 0.05) is 19.8 Å². The van der Waals surface area contributed by atoms with Crippen LogP contribution < -0.4 is 5.32 Å². The minimum absolute atomic E-state index is 0.104. The van der Waals surface area contributed by atoms with E-state index in [4.69, 9.17) is 0 Å². The number of sulfonamides is 1. The molecule has 0 saturated heterocycles. The number of anilines is 1. The van der Waals surface area contributed by atoms with E-state index in [2.05, 4.69) is 11.4 Å². The first kappa shape index (κ1) is 16.5. The van der Waals surface area contributed by atoms with Gasteiger partial charge in [0.2, 0.25) is 15.9 Å². The third-order valence-electron chi connectivity index (χ3n) is 3.98. The van der Waals surface area contributed by atoms with Crippen LogP contribution in [0.4, 0.5) is 5.69 Å². The van der Waals surface area contributed by atoms with Gasteiger partial charge in [0.1, 0.15) is 5.41 Å². The maximum absolute atomic E-state index is 12.4. The second kappa shape index (κ2) is 6.07. The summed E-state index contributed by atoms with van der Waals surface area (Å²) in [5.74, 6) is -0.355. The zero-order valence-electron chi connectivity index (χ0n) is 12.7. The molecule has 1 aromatic carbocycles. The molecule has 6 nitrogen and oxygen atoms in total. The van der Waals surface area contributed by atoms with Crippen molar-refractivity contribution in [1.29, 1.82) is 5.26 Å². The fourth-order valence-corrected chi connectivity index (χ4v) is 3.51. The predicted molar refractivity (Wildman–Crippen MR) is 82.5 cm³/mol. The fourth-order valence-electron chi connectivity index (χ4n) is 2.56. The van der Waals surface area contributed by atoms with Crippen molar-refractivity contribution < 1.29 is 13.2 Å². The van der Waals surface area contributed by atoms with Gasteiger partial charge in [-0.2, -0.15) is 5.26 Å². The minimum atomic E-state index is -3.56. The Morgan fingerprint density at radius 2 is 1.95 bits per heavy atom. The number of nitrogens with zero attached hydrogens (tertiary/aromatic N) is 2. The maximum atomic E-state index is 12.4. The number of rotatable bonds is 4. The average Bonchev–Trinajstić information content (AvgIpc) is 2.97.